The van der Waals surface area contributed by atoms with Gasteiger partial charge in [-0.3, -0.25) is 4.79 Å². The van der Waals surface area contributed by atoms with Crippen molar-refractivity contribution in [3.05, 3.63) is 56.2 Å². The molecule has 2 rings (SSSR count). The monoisotopic (exact) mass is 354 g/mol. The number of nitrogens with zero attached hydrogens (tertiary/aromatic N) is 2. The van der Waals surface area contributed by atoms with Gasteiger partial charge in [0.2, 0.25) is 11.1 Å². The van der Waals surface area contributed by atoms with Crippen molar-refractivity contribution in [3.8, 4) is 5.69 Å². The topological polar surface area (TPSA) is 72.2 Å². The van der Waals surface area contributed by atoms with Gasteiger partial charge in [-0.2, -0.15) is 5.10 Å². The fourth-order valence-electron chi connectivity index (χ4n) is 1.85. The third-order valence-electron chi connectivity index (χ3n) is 2.93. The Kier molecular flexibility index (Phi) is 4.22. The number of rotatable bonds is 3. The predicted molar refractivity (Wildman–Crippen MR) is 78.5 cm³/mol. The van der Waals surface area contributed by atoms with E-state index in [-0.39, 0.29) is 17.2 Å². The van der Waals surface area contributed by atoms with Crippen molar-refractivity contribution in [2.45, 2.75) is 19.8 Å². The molecule has 0 aliphatic heterocycles. The summed E-state index contributed by atoms with van der Waals surface area (Å²) in [4.78, 5) is 23.2. The number of aromatic nitrogens is 2. The Morgan fingerprint density at radius 1 is 1.43 bits per heavy atom. The van der Waals surface area contributed by atoms with E-state index >= 15 is 0 Å². The highest BCUT2D eigenvalue weighted by molar-refractivity contribution is 9.10. The quantitative estimate of drug-likeness (QED) is 0.919. The second-order valence-electron chi connectivity index (χ2n) is 4.76. The Morgan fingerprint density at radius 3 is 2.62 bits per heavy atom. The lowest BCUT2D eigenvalue weighted by atomic mass is 10.0. The minimum Gasteiger partial charge on any atom is -0.476 e. The smallest absolute Gasteiger partial charge is 0.360 e. The van der Waals surface area contributed by atoms with Crippen LogP contribution in [-0.2, 0) is 0 Å². The van der Waals surface area contributed by atoms with E-state index in [4.69, 9.17) is 5.11 Å². The first kappa shape index (κ1) is 15.4. The lowest BCUT2D eigenvalue weighted by Gasteiger charge is -2.12. The average Bonchev–Trinajstić information content (AvgIpc) is 2.38. The van der Waals surface area contributed by atoms with Crippen molar-refractivity contribution in [3.63, 3.8) is 0 Å². The zero-order valence-electron chi connectivity index (χ0n) is 11.3. The van der Waals surface area contributed by atoms with Gasteiger partial charge in [-0.1, -0.05) is 29.8 Å². The zero-order chi connectivity index (χ0) is 15.7. The molecule has 0 aliphatic rings. The molecule has 1 aromatic heterocycles. The summed E-state index contributed by atoms with van der Waals surface area (Å²) < 4.78 is 15.6. The highest BCUT2D eigenvalue weighted by Gasteiger charge is 2.19. The molecule has 0 aliphatic carbocycles. The summed E-state index contributed by atoms with van der Waals surface area (Å²) in [7, 11) is 0. The number of carboxylic acid groups (broad SMARTS) is 1. The van der Waals surface area contributed by atoms with Crippen molar-refractivity contribution in [1.29, 1.82) is 0 Å². The van der Waals surface area contributed by atoms with E-state index in [1.54, 1.807) is 19.9 Å². The first-order valence-corrected chi connectivity index (χ1v) is 6.93. The maximum absolute atomic E-state index is 14.0. The summed E-state index contributed by atoms with van der Waals surface area (Å²) in [5, 5.41) is 12.8. The molecule has 2 aromatic rings. The number of hydrogen-bond acceptors (Lipinski definition) is 3. The van der Waals surface area contributed by atoms with Gasteiger partial charge in [0.25, 0.3) is 0 Å². The van der Waals surface area contributed by atoms with Crippen LogP contribution in [0.2, 0.25) is 0 Å². The molecule has 0 atom stereocenters. The molecule has 7 heteroatoms. The van der Waals surface area contributed by atoms with E-state index in [0.29, 0.717) is 4.47 Å². The Bertz CT molecular complexity index is 771. The van der Waals surface area contributed by atoms with Crippen LogP contribution < -0.4 is 5.43 Å². The van der Waals surface area contributed by atoms with E-state index in [0.717, 1.165) is 4.68 Å². The highest BCUT2D eigenvalue weighted by Crippen LogP contribution is 2.19. The molecule has 1 aromatic carbocycles. The number of halogens is 2. The van der Waals surface area contributed by atoms with E-state index in [1.165, 1.54) is 18.3 Å². The molecule has 0 amide bonds. The molecule has 0 saturated heterocycles. The van der Waals surface area contributed by atoms with Gasteiger partial charge in [-0.25, -0.2) is 13.9 Å². The maximum atomic E-state index is 14.0. The molecule has 1 heterocycles. The van der Waals surface area contributed by atoms with Gasteiger partial charge in [-0.15, -0.1) is 0 Å². The van der Waals surface area contributed by atoms with Crippen molar-refractivity contribution in [2.75, 3.05) is 0 Å². The van der Waals surface area contributed by atoms with Crippen LogP contribution in [0.5, 0.6) is 0 Å². The Morgan fingerprint density at radius 2 is 2.10 bits per heavy atom. The first-order chi connectivity index (χ1) is 9.81. The molecule has 0 spiro atoms. The molecule has 0 radical (unpaired) electrons. The van der Waals surface area contributed by atoms with Crippen LogP contribution in [0.4, 0.5) is 4.39 Å². The number of hydrogen-bond donors (Lipinski definition) is 1. The number of benzene rings is 1. The van der Waals surface area contributed by atoms with E-state index in [2.05, 4.69) is 21.0 Å². The Hall–Kier alpha value is -2.02. The summed E-state index contributed by atoms with van der Waals surface area (Å²) in [6.45, 7) is 3.51. The Labute approximate surface area is 128 Å². The maximum Gasteiger partial charge on any atom is 0.360 e. The predicted octanol–water partition coefficient (Wildman–Crippen LogP) is 2.96. The third-order valence-corrected chi connectivity index (χ3v) is 3.42. The molecule has 1 N–H and O–H groups in total. The van der Waals surface area contributed by atoms with Gasteiger partial charge in [-0.05, 0) is 24.1 Å². The molecule has 0 fully saturated rings. The van der Waals surface area contributed by atoms with Crippen LogP contribution in [0.1, 0.15) is 35.8 Å². The standard InChI is InChI=1S/C14H12BrFN2O3/c1-7(2)9-6-18(17-12(13(9)19)14(20)21)11-4-3-8(15)5-10(11)16/h3-7H,1-2H3,(H,20,21). The molecular weight excluding hydrogens is 343 g/mol. The van der Waals surface area contributed by atoms with E-state index in [9.17, 15) is 14.0 Å². The molecule has 110 valence electrons. The second kappa shape index (κ2) is 5.77. The van der Waals surface area contributed by atoms with Crippen molar-refractivity contribution < 1.29 is 14.3 Å². The molecule has 0 saturated carbocycles. The molecule has 0 bridgehead atoms. The number of aromatic carboxylic acids is 1. The molecular formula is C14H12BrFN2O3. The van der Waals surface area contributed by atoms with Crippen molar-refractivity contribution in [2.24, 2.45) is 0 Å². The van der Waals surface area contributed by atoms with Crippen LogP contribution in [0.3, 0.4) is 0 Å². The summed E-state index contributed by atoms with van der Waals surface area (Å²) in [6, 6.07) is 4.30. The van der Waals surface area contributed by atoms with Crippen molar-refractivity contribution in [1.82, 2.24) is 9.78 Å². The lowest BCUT2D eigenvalue weighted by molar-refractivity contribution is 0.0686. The summed E-state index contributed by atoms with van der Waals surface area (Å²) in [6.07, 6.45) is 1.37. The summed E-state index contributed by atoms with van der Waals surface area (Å²) >= 11 is 3.14. The van der Waals surface area contributed by atoms with Crippen molar-refractivity contribution >= 4 is 21.9 Å². The Balaban J connectivity index is 2.75. The van der Waals surface area contributed by atoms with Crippen LogP contribution in [0.15, 0.2) is 33.7 Å². The van der Waals surface area contributed by atoms with Crippen LogP contribution >= 0.6 is 15.9 Å². The fraction of sp³-hybridized carbons (Fsp3) is 0.214. The second-order valence-corrected chi connectivity index (χ2v) is 5.68. The minimum atomic E-state index is -1.44. The van der Waals surface area contributed by atoms with Gasteiger partial charge >= 0.3 is 5.97 Å². The largest absolute Gasteiger partial charge is 0.476 e. The normalized spacial score (nSPS) is 10.9. The number of carboxylic acids is 1. The summed E-state index contributed by atoms with van der Waals surface area (Å²) in [5.41, 5.74) is -0.929. The van der Waals surface area contributed by atoms with Crippen LogP contribution in [-0.4, -0.2) is 20.9 Å². The highest BCUT2D eigenvalue weighted by atomic mass is 79.9. The third kappa shape index (κ3) is 3.02. The van der Waals surface area contributed by atoms with Gasteiger partial charge in [0.15, 0.2) is 0 Å². The lowest BCUT2D eigenvalue weighted by Crippen LogP contribution is -2.25. The average molecular weight is 355 g/mol. The minimum absolute atomic E-state index is 0.0719. The fourth-order valence-corrected chi connectivity index (χ4v) is 2.18. The van der Waals surface area contributed by atoms with E-state index in [1.807, 2.05) is 0 Å². The van der Waals surface area contributed by atoms with Crippen LogP contribution in [0, 0.1) is 5.82 Å². The number of carbonyl (C=O) groups is 1. The molecule has 0 unspecified atom stereocenters. The summed E-state index contributed by atoms with van der Waals surface area (Å²) in [5.74, 6) is -2.22. The van der Waals surface area contributed by atoms with Gasteiger partial charge in [0, 0.05) is 16.2 Å². The van der Waals surface area contributed by atoms with Crippen LogP contribution in [0.25, 0.3) is 5.69 Å². The SMILES string of the molecule is CC(C)c1cn(-c2ccc(Br)cc2F)nc(C(=O)O)c1=O. The van der Waals surface area contributed by atoms with Gasteiger partial charge in [0.05, 0.1) is 0 Å². The van der Waals surface area contributed by atoms with Gasteiger partial charge < -0.3 is 5.11 Å². The first-order valence-electron chi connectivity index (χ1n) is 6.14. The van der Waals surface area contributed by atoms with Gasteiger partial charge in [0.1, 0.15) is 11.5 Å². The van der Waals surface area contributed by atoms with E-state index < -0.39 is 22.9 Å². The molecule has 5 nitrogen and oxygen atoms in total. The zero-order valence-corrected chi connectivity index (χ0v) is 12.9. The molecule has 21 heavy (non-hydrogen) atoms.